The van der Waals surface area contributed by atoms with E-state index in [2.05, 4.69) is 32.2 Å². The van der Waals surface area contributed by atoms with E-state index in [0.29, 0.717) is 0 Å². The first-order valence-electron chi connectivity index (χ1n) is 7.41. The summed E-state index contributed by atoms with van der Waals surface area (Å²) in [5.74, 6) is 0. The van der Waals surface area contributed by atoms with Gasteiger partial charge in [0, 0.05) is 9.52 Å². The number of hydrogen-bond acceptors (Lipinski definition) is 1. The zero-order valence-electron chi connectivity index (χ0n) is 18.2. The average Bonchev–Trinajstić information content (AvgIpc) is 2.89. The molecule has 0 atom stereocenters. The van der Waals surface area contributed by atoms with E-state index in [1.54, 1.807) is 30.3 Å². The predicted molar refractivity (Wildman–Crippen MR) is 131 cm³/mol. The number of nitrogens with one attached hydrogen (secondary N) is 1. The minimum atomic E-state index is -1.61. The van der Waals surface area contributed by atoms with Crippen LogP contribution in [0, 0.1) is 20.4 Å². The van der Waals surface area contributed by atoms with Crippen LogP contribution in [0.2, 0.25) is 32.7 Å². The third-order valence-corrected chi connectivity index (χ3v) is 0.586. The van der Waals surface area contributed by atoms with Crippen molar-refractivity contribution in [1.82, 2.24) is 0 Å². The maximum absolute atomic E-state index is 8.66. The molecule has 25 heavy (non-hydrogen) atoms. The molecule has 1 radical (unpaired) electrons. The fraction of sp³-hybridized carbons (Fsp3) is 0.647. The molecule has 1 aliphatic carbocycles. The van der Waals surface area contributed by atoms with Crippen LogP contribution in [0.15, 0.2) is 18.2 Å². The van der Waals surface area contributed by atoms with E-state index >= 15 is 0 Å². The Labute approximate surface area is 193 Å². The van der Waals surface area contributed by atoms with Gasteiger partial charge in [0.1, 0.15) is 0 Å². The van der Waals surface area contributed by atoms with E-state index in [9.17, 15) is 0 Å². The van der Waals surface area contributed by atoms with Gasteiger partial charge < -0.3 is 24.9 Å². The van der Waals surface area contributed by atoms with Crippen LogP contribution in [0.25, 0.3) is 5.73 Å². The Morgan fingerprint density at radius 1 is 1.16 bits per heavy atom. The first-order valence-corrected chi connectivity index (χ1v) is 19.1. The van der Waals surface area contributed by atoms with E-state index in [1.807, 2.05) is 59.4 Å². The van der Waals surface area contributed by atoms with Gasteiger partial charge in [0.2, 0.25) is 0 Å². The summed E-state index contributed by atoms with van der Waals surface area (Å²) in [7, 11) is -0.861. The van der Waals surface area contributed by atoms with Crippen molar-refractivity contribution in [3.63, 3.8) is 0 Å². The Bertz CT molecular complexity index is 211. The van der Waals surface area contributed by atoms with Crippen LogP contribution >= 0.6 is 24.8 Å². The van der Waals surface area contributed by atoms with Gasteiger partial charge in [-0.05, 0) is 19.6 Å². The van der Waals surface area contributed by atoms with Crippen molar-refractivity contribution >= 4 is 49.5 Å². The van der Waals surface area contributed by atoms with Crippen molar-refractivity contribution in [1.29, 1.82) is 0 Å². The fourth-order valence-electron chi connectivity index (χ4n) is 0.340. The summed E-state index contributed by atoms with van der Waals surface area (Å²) in [6.45, 7) is 22.6. The zero-order chi connectivity index (χ0) is 19.2. The van der Waals surface area contributed by atoms with E-state index in [0.717, 1.165) is 15.9 Å². The summed E-state index contributed by atoms with van der Waals surface area (Å²) in [4.78, 5) is 8.66. The second-order valence-corrected chi connectivity index (χ2v) is 11.5. The number of allylic oxidation sites excluding steroid dienone is 4. The van der Waals surface area contributed by atoms with Crippen LogP contribution < -0.4 is 0 Å². The SMILES string of the molecule is CC(C)(C)[NH-].C[SiH]C.C[Si](C)(C)O.Cl.Cl.[C-]1=CC=CC1.[CH2-]C.[CH3-].[SiH2]=[Zr]. The third-order valence-electron chi connectivity index (χ3n) is 0.586. The zero-order valence-corrected chi connectivity index (χ0v) is 25.9. The van der Waals surface area contributed by atoms with Gasteiger partial charge in [-0.15, -0.1) is 36.8 Å². The molecule has 1 aliphatic rings. The number of rotatable bonds is 0. The van der Waals surface area contributed by atoms with Gasteiger partial charge >= 0.3 is 30.2 Å². The van der Waals surface area contributed by atoms with Crippen LogP contribution in [-0.2, 0) is 23.3 Å². The fourth-order valence-corrected chi connectivity index (χ4v) is 0.340. The molecule has 2 nitrogen and oxygen atoms in total. The van der Waals surface area contributed by atoms with Crippen LogP contribution in [-0.4, -0.2) is 35.1 Å². The Balaban J connectivity index is -0.0000000235. The van der Waals surface area contributed by atoms with E-state index in [4.69, 9.17) is 10.5 Å². The van der Waals surface area contributed by atoms with Gasteiger partial charge in [-0.3, -0.25) is 6.08 Å². The molecule has 0 amide bonds. The van der Waals surface area contributed by atoms with Crippen molar-refractivity contribution in [3.8, 4) is 0 Å². The first-order chi connectivity index (χ1) is 9.91. The first kappa shape index (κ1) is 50.4. The van der Waals surface area contributed by atoms with Gasteiger partial charge in [0.25, 0.3) is 0 Å². The summed E-state index contributed by atoms with van der Waals surface area (Å²) in [5.41, 5.74) is 6.69. The maximum atomic E-state index is 8.66. The minimum absolute atomic E-state index is 0. The van der Waals surface area contributed by atoms with Crippen molar-refractivity contribution < 1.29 is 28.1 Å². The summed E-state index contributed by atoms with van der Waals surface area (Å²) in [6.07, 6.45) is 10.0. The van der Waals surface area contributed by atoms with Gasteiger partial charge in [0.15, 0.2) is 8.32 Å². The molecule has 0 unspecified atom stereocenters. The Kier molecular flexibility index (Phi) is 81.1. The molecule has 0 spiro atoms. The van der Waals surface area contributed by atoms with Crippen LogP contribution in [0.1, 0.15) is 34.1 Å². The quantitative estimate of drug-likeness (QED) is 0.321. The number of hydrogen-bond donors (Lipinski definition) is 1. The molecule has 8 heteroatoms. The predicted octanol–water partition coefficient (Wildman–Crippen LogP) is 5.69. The van der Waals surface area contributed by atoms with E-state index in [1.165, 1.54) is 0 Å². The van der Waals surface area contributed by atoms with E-state index < -0.39 is 8.32 Å². The van der Waals surface area contributed by atoms with Crippen molar-refractivity contribution in [3.05, 3.63) is 44.4 Å². The van der Waals surface area contributed by atoms with Crippen molar-refractivity contribution in [2.45, 2.75) is 72.4 Å². The van der Waals surface area contributed by atoms with Crippen LogP contribution in [0.5, 0.6) is 0 Å². The van der Waals surface area contributed by atoms with Gasteiger partial charge in [-0.2, -0.15) is 13.0 Å². The van der Waals surface area contributed by atoms with Crippen LogP contribution in [0.3, 0.4) is 0 Å². The standard InChI is InChI=1S/C5H5.C4H10N.C3H10OSi.C2H7Si.C2H5.CH3.2ClH.H2Si.Zr/c1-2-4-5-3-1;1-4(2,3)5;1-5(2,3)4;1-3-2;1-2;;;;;/h1-3H,4H2;5H,1-3H3;4H,1-3H3;3H,1-2H3;1H2,2H3;1H3;2*1H;1H2;/q2*-1;;;2*-1;;;;. The summed E-state index contributed by atoms with van der Waals surface area (Å²) < 4.78 is 0. The molecule has 0 heterocycles. The molecule has 0 aromatic rings. The average molecular weight is 525 g/mol. The molecule has 0 saturated heterocycles. The molecule has 0 bridgehead atoms. The molecule has 0 aliphatic heterocycles. The molecular formula is C17H44Cl2NOSi3Zr-4. The molecule has 0 aromatic heterocycles. The molecule has 0 fully saturated rings. The number of halogens is 2. The summed E-state index contributed by atoms with van der Waals surface area (Å²) in [6, 6.07) is 0. The molecule has 0 saturated carbocycles. The molecular weight excluding hydrogens is 481 g/mol. The molecule has 157 valence electrons. The molecule has 1 rings (SSSR count). The molecule has 2 N–H and O–H groups in total. The van der Waals surface area contributed by atoms with Gasteiger partial charge in [0.05, 0.1) is 0 Å². The Morgan fingerprint density at radius 2 is 1.36 bits per heavy atom. The molecule has 0 aromatic carbocycles. The Morgan fingerprint density at radius 3 is 1.40 bits per heavy atom. The third kappa shape index (κ3) is 332. The van der Waals surface area contributed by atoms with Gasteiger partial charge in [-0.25, -0.2) is 12.2 Å². The second-order valence-electron chi connectivity index (χ2n) is 6.00. The van der Waals surface area contributed by atoms with E-state index in [-0.39, 0.29) is 37.8 Å². The summed E-state index contributed by atoms with van der Waals surface area (Å²) >= 11 is 1.58. The van der Waals surface area contributed by atoms with Crippen molar-refractivity contribution in [2.75, 3.05) is 0 Å². The monoisotopic (exact) mass is 522 g/mol. The van der Waals surface area contributed by atoms with Gasteiger partial charge in [-0.1, -0.05) is 33.9 Å². The van der Waals surface area contributed by atoms with Crippen molar-refractivity contribution in [2.24, 2.45) is 0 Å². The van der Waals surface area contributed by atoms with Crippen LogP contribution in [0.4, 0.5) is 0 Å². The second kappa shape index (κ2) is 40.3. The summed E-state index contributed by atoms with van der Waals surface area (Å²) in [5, 5.41) is 0. The normalized spacial score (nSPS) is 9.40. The Hall–Kier alpha value is 1.51. The topological polar surface area (TPSA) is 44.0 Å².